The maximum absolute atomic E-state index is 12.6. The van der Waals surface area contributed by atoms with Crippen LogP contribution >= 0.6 is 0 Å². The number of fused-ring (bicyclic) bond motifs is 1. The molecule has 0 bridgehead atoms. The molecule has 2 N–H and O–H groups in total. The first-order valence-corrected chi connectivity index (χ1v) is 10.4. The Morgan fingerprint density at radius 1 is 1.03 bits per heavy atom. The molecule has 0 aliphatic carbocycles. The first-order chi connectivity index (χ1) is 14.6. The van der Waals surface area contributed by atoms with E-state index < -0.39 is 17.5 Å². The number of para-hydroxylation sites is 1. The number of aromatic amines is 1. The van der Waals surface area contributed by atoms with Gasteiger partial charge in [-0.05, 0) is 49.2 Å². The summed E-state index contributed by atoms with van der Waals surface area (Å²) in [5.41, 5.74) is 2.59. The Labute approximate surface area is 182 Å². The third kappa shape index (κ3) is 5.60. The third-order valence-corrected chi connectivity index (χ3v) is 5.06. The number of carbonyl (C=O) groups is 3. The zero-order chi connectivity index (χ0) is 22.6. The summed E-state index contributed by atoms with van der Waals surface area (Å²) in [6.45, 7) is 7.06. The Kier molecular flexibility index (Phi) is 6.59. The van der Waals surface area contributed by atoms with Gasteiger partial charge in [0, 0.05) is 40.2 Å². The molecule has 0 radical (unpaired) electrons. The number of benzene rings is 2. The molecule has 0 saturated heterocycles. The van der Waals surface area contributed by atoms with E-state index in [-0.39, 0.29) is 18.1 Å². The summed E-state index contributed by atoms with van der Waals surface area (Å²) in [5, 5.41) is 3.90. The first kappa shape index (κ1) is 22.3. The highest BCUT2D eigenvalue weighted by Crippen LogP contribution is 2.20. The number of amides is 1. The Morgan fingerprint density at radius 2 is 1.71 bits per heavy atom. The summed E-state index contributed by atoms with van der Waals surface area (Å²) in [7, 11) is 0. The molecule has 0 saturated carbocycles. The molecule has 2 aromatic carbocycles. The average Bonchev–Trinajstić information content (AvgIpc) is 3.14. The van der Waals surface area contributed by atoms with Gasteiger partial charge in [-0.3, -0.25) is 14.4 Å². The van der Waals surface area contributed by atoms with Crippen molar-refractivity contribution in [3.63, 3.8) is 0 Å². The van der Waals surface area contributed by atoms with Gasteiger partial charge in [0.2, 0.25) is 11.7 Å². The summed E-state index contributed by atoms with van der Waals surface area (Å²) in [6, 6.07) is 14.5. The predicted octanol–water partition coefficient (Wildman–Crippen LogP) is 4.90. The Bertz CT molecular complexity index is 1090. The van der Waals surface area contributed by atoms with Crippen LogP contribution in [0.4, 0.5) is 5.69 Å². The first-order valence-electron chi connectivity index (χ1n) is 10.4. The molecular weight excluding hydrogens is 392 g/mol. The molecule has 6 nitrogen and oxygen atoms in total. The fraction of sp³-hybridized carbons (Fsp3) is 0.320. The van der Waals surface area contributed by atoms with E-state index in [0.717, 1.165) is 16.5 Å². The minimum atomic E-state index is -0.884. The van der Waals surface area contributed by atoms with Gasteiger partial charge >= 0.3 is 5.97 Å². The maximum atomic E-state index is 12.6. The smallest absolute Gasteiger partial charge is 0.306 e. The molecular formula is C25H28N2O4. The number of ketones is 1. The minimum absolute atomic E-state index is 0.107. The van der Waals surface area contributed by atoms with Crippen LogP contribution in [0, 0.1) is 5.41 Å². The van der Waals surface area contributed by atoms with Gasteiger partial charge < -0.3 is 15.0 Å². The van der Waals surface area contributed by atoms with Gasteiger partial charge in [-0.2, -0.15) is 0 Å². The van der Waals surface area contributed by atoms with E-state index in [9.17, 15) is 14.4 Å². The minimum Gasteiger partial charge on any atom is -0.454 e. The van der Waals surface area contributed by atoms with Crippen LogP contribution in [0.1, 0.15) is 50.0 Å². The van der Waals surface area contributed by atoms with Crippen molar-refractivity contribution in [2.24, 2.45) is 5.41 Å². The summed E-state index contributed by atoms with van der Waals surface area (Å²) in [4.78, 5) is 40.1. The summed E-state index contributed by atoms with van der Waals surface area (Å²) in [6.07, 6.45) is 1.74. The Hall–Kier alpha value is -3.41. The van der Waals surface area contributed by atoms with Crippen LogP contribution in [0.3, 0.4) is 0 Å². The lowest BCUT2D eigenvalue weighted by Crippen LogP contribution is -2.27. The van der Waals surface area contributed by atoms with Crippen LogP contribution in [0.5, 0.6) is 0 Å². The number of Topliss-reactive ketones (excluding diaryl/α,β-unsaturated/α-hetero) is 1. The van der Waals surface area contributed by atoms with E-state index in [1.165, 1.54) is 0 Å². The van der Waals surface area contributed by atoms with Crippen molar-refractivity contribution in [1.82, 2.24) is 4.98 Å². The fourth-order valence-corrected chi connectivity index (χ4v) is 3.16. The predicted molar refractivity (Wildman–Crippen MR) is 121 cm³/mol. The van der Waals surface area contributed by atoms with Gasteiger partial charge in [0.15, 0.2) is 6.10 Å². The zero-order valence-corrected chi connectivity index (χ0v) is 18.3. The number of anilines is 1. The molecule has 0 aliphatic rings. The van der Waals surface area contributed by atoms with Crippen LogP contribution in [0.15, 0.2) is 54.7 Å². The number of hydrogen-bond donors (Lipinski definition) is 2. The van der Waals surface area contributed by atoms with Crippen LogP contribution in [0.2, 0.25) is 0 Å². The number of esters is 1. The van der Waals surface area contributed by atoms with Crippen molar-refractivity contribution in [2.75, 3.05) is 5.32 Å². The number of carbonyl (C=O) groups excluding carboxylic acids is 3. The average molecular weight is 421 g/mol. The molecule has 1 atom stereocenters. The van der Waals surface area contributed by atoms with E-state index >= 15 is 0 Å². The van der Waals surface area contributed by atoms with Gasteiger partial charge in [0.1, 0.15) is 0 Å². The number of H-pyrrole nitrogens is 1. The highest BCUT2D eigenvalue weighted by molar-refractivity contribution is 6.01. The lowest BCUT2D eigenvalue weighted by atomic mass is 9.95. The topological polar surface area (TPSA) is 88.3 Å². The van der Waals surface area contributed by atoms with Crippen LogP contribution in [0.25, 0.3) is 10.9 Å². The van der Waals surface area contributed by atoms with Gasteiger partial charge in [-0.1, -0.05) is 39.0 Å². The molecule has 162 valence electrons. The van der Waals surface area contributed by atoms with Gasteiger partial charge in [0.25, 0.3) is 0 Å². The van der Waals surface area contributed by atoms with E-state index in [0.29, 0.717) is 17.7 Å². The van der Waals surface area contributed by atoms with E-state index in [2.05, 4.69) is 10.3 Å². The number of ether oxygens (including phenoxy) is 1. The monoisotopic (exact) mass is 420 g/mol. The normalized spacial score (nSPS) is 12.4. The zero-order valence-electron chi connectivity index (χ0n) is 18.3. The lowest BCUT2D eigenvalue weighted by molar-refractivity contribution is -0.146. The lowest BCUT2D eigenvalue weighted by Gasteiger charge is -2.18. The maximum Gasteiger partial charge on any atom is 0.306 e. The van der Waals surface area contributed by atoms with Crippen molar-refractivity contribution in [3.05, 3.63) is 65.9 Å². The molecule has 31 heavy (non-hydrogen) atoms. The molecule has 0 fully saturated rings. The van der Waals surface area contributed by atoms with Gasteiger partial charge in [0.05, 0.1) is 0 Å². The van der Waals surface area contributed by atoms with Crippen LogP contribution in [-0.2, 0) is 20.7 Å². The highest BCUT2D eigenvalue weighted by Gasteiger charge is 2.22. The third-order valence-electron chi connectivity index (χ3n) is 5.06. The highest BCUT2D eigenvalue weighted by atomic mass is 16.5. The summed E-state index contributed by atoms with van der Waals surface area (Å²) in [5.74, 6) is -0.807. The van der Waals surface area contributed by atoms with Gasteiger partial charge in [-0.15, -0.1) is 0 Å². The fourth-order valence-electron chi connectivity index (χ4n) is 3.16. The Balaban J connectivity index is 1.53. The number of aromatic nitrogens is 1. The number of aryl methyl sites for hydroxylation is 1. The number of hydrogen-bond acceptors (Lipinski definition) is 4. The van der Waals surface area contributed by atoms with Crippen molar-refractivity contribution in [3.8, 4) is 0 Å². The van der Waals surface area contributed by atoms with E-state index in [4.69, 9.17) is 4.74 Å². The molecule has 0 spiro atoms. The largest absolute Gasteiger partial charge is 0.454 e. The second-order valence-electron chi connectivity index (χ2n) is 8.64. The van der Waals surface area contributed by atoms with Gasteiger partial charge in [-0.25, -0.2) is 0 Å². The van der Waals surface area contributed by atoms with Crippen molar-refractivity contribution in [1.29, 1.82) is 0 Å². The van der Waals surface area contributed by atoms with Crippen LogP contribution in [-0.4, -0.2) is 28.7 Å². The molecule has 6 heteroatoms. The van der Waals surface area contributed by atoms with E-state index in [1.54, 1.807) is 31.2 Å². The molecule has 1 amide bonds. The second-order valence-corrected chi connectivity index (χ2v) is 8.64. The summed E-state index contributed by atoms with van der Waals surface area (Å²) >= 11 is 0. The molecule has 0 unspecified atom stereocenters. The van der Waals surface area contributed by atoms with Crippen molar-refractivity contribution in [2.45, 2.75) is 46.6 Å². The molecule has 1 aromatic heterocycles. The molecule has 1 heterocycles. The number of nitrogens with one attached hydrogen (secondary N) is 2. The molecule has 3 aromatic rings. The second kappa shape index (κ2) is 9.16. The molecule has 3 rings (SSSR count). The number of rotatable bonds is 7. The Morgan fingerprint density at radius 3 is 2.39 bits per heavy atom. The van der Waals surface area contributed by atoms with Crippen molar-refractivity contribution < 1.29 is 19.1 Å². The summed E-state index contributed by atoms with van der Waals surface area (Å²) < 4.78 is 5.35. The SMILES string of the molecule is C[C@@H](OC(=O)CCc1c[nH]c2ccccc12)C(=O)c1ccc(NC(=O)C(C)(C)C)cc1. The van der Waals surface area contributed by atoms with E-state index in [1.807, 2.05) is 51.2 Å². The quantitative estimate of drug-likeness (QED) is 0.420. The standard InChI is InChI=1S/C25H28N2O4/c1-16(23(29)17-9-12-19(13-10-17)27-24(30)25(2,3)4)31-22(28)14-11-18-15-26-21-8-6-5-7-20(18)21/h5-10,12-13,15-16,26H,11,14H2,1-4H3,(H,27,30)/t16-/m1/s1. The van der Waals surface area contributed by atoms with Crippen LogP contribution < -0.4 is 5.32 Å². The van der Waals surface area contributed by atoms with Crippen molar-refractivity contribution >= 4 is 34.3 Å². The molecule has 0 aliphatic heterocycles.